The van der Waals surface area contributed by atoms with Crippen LogP contribution in [0.4, 0.5) is 0 Å². The van der Waals surface area contributed by atoms with Gasteiger partial charge in [-0.3, -0.25) is 4.57 Å². The van der Waals surface area contributed by atoms with Crippen molar-refractivity contribution in [2.75, 3.05) is 0 Å². The summed E-state index contributed by atoms with van der Waals surface area (Å²) in [7, 11) is 0. The Labute approximate surface area is 341 Å². The zero-order valence-corrected chi connectivity index (χ0v) is 31.0. The Hall–Kier alpha value is -7.75. The summed E-state index contributed by atoms with van der Waals surface area (Å²) in [5.41, 5.74) is 10.2. The number of imidazole rings is 1. The standard InChI is InChI=1S/C55H34N2O/c1-2-13-35(14-3-1)40-30-32-44-47(34-40)53(46-20-12-24-51-54(46)45-19-8-11-23-50(45)58-51)43-18-7-6-17-42(43)52(44)37-25-27-38(28-26-37)55-56-48-21-9-10-22-49(48)57(55)41-31-29-36-15-4-5-16-39(36)33-41/h1-34H/i1D,2D,3D,13D,14D. The molecule has 0 amide bonds. The van der Waals surface area contributed by atoms with Crippen LogP contribution in [0.25, 0.3) is 116 Å². The molecule has 0 aliphatic rings. The monoisotopic (exact) mass is 743 g/mol. The quantitative estimate of drug-likeness (QED) is 0.164. The van der Waals surface area contributed by atoms with Crippen LogP contribution < -0.4 is 0 Å². The molecule has 0 atom stereocenters. The number of furan rings is 1. The molecule has 0 saturated carbocycles. The minimum Gasteiger partial charge on any atom is -0.456 e. The molecule has 0 N–H and O–H groups in total. The molecule has 3 nitrogen and oxygen atoms in total. The van der Waals surface area contributed by atoms with Gasteiger partial charge in [-0.15, -0.1) is 0 Å². The lowest BCUT2D eigenvalue weighted by molar-refractivity contribution is 0.669. The van der Waals surface area contributed by atoms with E-state index in [1.54, 1.807) is 0 Å². The van der Waals surface area contributed by atoms with E-state index < -0.39 is 6.04 Å². The lowest BCUT2D eigenvalue weighted by Gasteiger charge is -2.19. The summed E-state index contributed by atoms with van der Waals surface area (Å²) >= 11 is 0. The fraction of sp³-hybridized carbons (Fsp3) is 0. The molecule has 0 bridgehead atoms. The van der Waals surface area contributed by atoms with E-state index in [1.165, 1.54) is 5.39 Å². The highest BCUT2D eigenvalue weighted by atomic mass is 16.3. The van der Waals surface area contributed by atoms with Crippen molar-refractivity contribution in [3.63, 3.8) is 0 Å². The van der Waals surface area contributed by atoms with E-state index >= 15 is 0 Å². The highest BCUT2D eigenvalue weighted by Crippen LogP contribution is 2.48. The average Bonchev–Trinajstić information content (AvgIpc) is 3.91. The van der Waals surface area contributed by atoms with Gasteiger partial charge >= 0.3 is 0 Å². The van der Waals surface area contributed by atoms with Gasteiger partial charge in [0.15, 0.2) is 0 Å². The maximum atomic E-state index is 8.92. The summed E-state index contributed by atoms with van der Waals surface area (Å²) in [5.74, 6) is 0.840. The van der Waals surface area contributed by atoms with Crippen molar-refractivity contribution < 1.29 is 11.3 Å². The van der Waals surface area contributed by atoms with Gasteiger partial charge in [0.1, 0.15) is 17.0 Å². The van der Waals surface area contributed by atoms with Crippen LogP contribution in [0.1, 0.15) is 6.85 Å². The van der Waals surface area contributed by atoms with E-state index in [1.807, 2.05) is 60.7 Å². The molecule has 10 aromatic carbocycles. The number of rotatable bonds is 5. The van der Waals surface area contributed by atoms with Gasteiger partial charge in [0, 0.05) is 22.0 Å². The lowest BCUT2D eigenvalue weighted by atomic mass is 9.84. The third kappa shape index (κ3) is 5.04. The second-order valence-corrected chi connectivity index (χ2v) is 14.7. The Morgan fingerprint density at radius 1 is 0.448 bits per heavy atom. The molecular weight excluding hydrogens is 705 g/mol. The first-order valence-corrected chi connectivity index (χ1v) is 19.4. The number of fused-ring (bicyclic) bond motifs is 7. The minimum absolute atomic E-state index is 0.161. The Morgan fingerprint density at radius 2 is 1.12 bits per heavy atom. The van der Waals surface area contributed by atoms with E-state index in [0.717, 1.165) is 99.2 Å². The van der Waals surface area contributed by atoms with Crippen LogP contribution in [0.2, 0.25) is 0 Å². The van der Waals surface area contributed by atoms with Crippen LogP contribution in [0, 0.1) is 0 Å². The Kier molecular flexibility index (Phi) is 6.18. The van der Waals surface area contributed by atoms with Gasteiger partial charge < -0.3 is 4.42 Å². The molecular formula is C55H34N2O. The molecule has 58 heavy (non-hydrogen) atoms. The fourth-order valence-electron chi connectivity index (χ4n) is 8.90. The van der Waals surface area contributed by atoms with Crippen molar-refractivity contribution in [3.05, 3.63) is 206 Å². The first kappa shape index (κ1) is 27.8. The van der Waals surface area contributed by atoms with Crippen LogP contribution in [-0.4, -0.2) is 9.55 Å². The first-order valence-electron chi connectivity index (χ1n) is 21.9. The average molecular weight is 744 g/mol. The van der Waals surface area contributed by atoms with Crippen molar-refractivity contribution >= 4 is 65.3 Å². The van der Waals surface area contributed by atoms with Gasteiger partial charge in [-0.2, -0.15) is 0 Å². The highest BCUT2D eigenvalue weighted by molar-refractivity contribution is 6.26. The van der Waals surface area contributed by atoms with E-state index in [9.17, 15) is 0 Å². The molecule has 3 heteroatoms. The number of aromatic nitrogens is 2. The maximum Gasteiger partial charge on any atom is 0.145 e. The Morgan fingerprint density at radius 3 is 1.98 bits per heavy atom. The molecule has 12 rings (SSSR count). The molecule has 0 fully saturated rings. The summed E-state index contributed by atoms with van der Waals surface area (Å²) in [4.78, 5) is 5.19. The van der Waals surface area contributed by atoms with Crippen molar-refractivity contribution in [3.8, 4) is 50.5 Å². The van der Waals surface area contributed by atoms with Crippen LogP contribution >= 0.6 is 0 Å². The molecule has 2 aromatic heterocycles. The van der Waals surface area contributed by atoms with Gasteiger partial charge in [-0.05, 0) is 108 Å². The van der Waals surface area contributed by atoms with Crippen LogP contribution in [-0.2, 0) is 0 Å². The summed E-state index contributed by atoms with van der Waals surface area (Å²) in [6, 6.07) is 58.6. The van der Waals surface area contributed by atoms with E-state index in [-0.39, 0.29) is 29.7 Å². The van der Waals surface area contributed by atoms with Gasteiger partial charge in [0.2, 0.25) is 0 Å². The third-order valence-electron chi connectivity index (χ3n) is 11.5. The Bertz CT molecular complexity index is 3840. The largest absolute Gasteiger partial charge is 0.456 e. The van der Waals surface area contributed by atoms with Crippen molar-refractivity contribution in [2.24, 2.45) is 0 Å². The fourth-order valence-corrected chi connectivity index (χ4v) is 8.90. The number of nitrogens with zero attached hydrogens (tertiary/aromatic N) is 2. The van der Waals surface area contributed by atoms with E-state index in [4.69, 9.17) is 16.3 Å². The summed E-state index contributed by atoms with van der Waals surface area (Å²) in [6.07, 6.45) is 0. The molecule has 0 aliphatic heterocycles. The van der Waals surface area contributed by atoms with E-state index in [0.29, 0.717) is 5.56 Å². The second-order valence-electron chi connectivity index (χ2n) is 14.7. The molecule has 12 aromatic rings. The first-order chi connectivity index (χ1) is 30.8. The van der Waals surface area contributed by atoms with Gasteiger partial charge in [0.25, 0.3) is 0 Å². The molecule has 0 aliphatic carbocycles. The molecule has 270 valence electrons. The highest BCUT2D eigenvalue weighted by Gasteiger charge is 2.22. The number of benzene rings is 10. The van der Waals surface area contributed by atoms with Crippen LogP contribution in [0.3, 0.4) is 0 Å². The molecule has 2 heterocycles. The Balaban J connectivity index is 1.12. The summed E-state index contributed by atoms with van der Waals surface area (Å²) < 4.78 is 51.8. The van der Waals surface area contributed by atoms with Crippen molar-refractivity contribution in [1.82, 2.24) is 9.55 Å². The SMILES string of the molecule is [2H]c1c([2H])c([2H])c(-c2ccc3c(-c4ccc(-c5nc6ccccc6n5-c5ccc6ccccc6c5)cc4)c4ccccc4c(-c4cccc5oc6ccccc6c45)c3c2)c([2H])c1[2H]. The summed E-state index contributed by atoms with van der Waals surface area (Å²) in [6.45, 7) is 0. The lowest BCUT2D eigenvalue weighted by Crippen LogP contribution is -1.98. The molecule has 0 unspecified atom stereocenters. The predicted octanol–water partition coefficient (Wildman–Crippen LogP) is 15.1. The zero-order chi connectivity index (χ0) is 42.5. The molecule has 0 spiro atoms. The predicted molar refractivity (Wildman–Crippen MR) is 243 cm³/mol. The van der Waals surface area contributed by atoms with Crippen molar-refractivity contribution in [1.29, 1.82) is 0 Å². The normalized spacial score (nSPS) is 13.0. The molecule has 0 radical (unpaired) electrons. The van der Waals surface area contributed by atoms with E-state index in [2.05, 4.69) is 120 Å². The number of para-hydroxylation sites is 3. The minimum atomic E-state index is -0.418. The zero-order valence-electron chi connectivity index (χ0n) is 36.0. The van der Waals surface area contributed by atoms with Crippen LogP contribution in [0.15, 0.2) is 211 Å². The maximum absolute atomic E-state index is 8.92. The van der Waals surface area contributed by atoms with Gasteiger partial charge in [0.05, 0.1) is 17.9 Å². The molecule has 0 saturated heterocycles. The van der Waals surface area contributed by atoms with Crippen molar-refractivity contribution in [2.45, 2.75) is 0 Å². The summed E-state index contributed by atoms with van der Waals surface area (Å²) in [5, 5.41) is 8.22. The van der Waals surface area contributed by atoms with Gasteiger partial charge in [-0.1, -0.05) is 164 Å². The second kappa shape index (κ2) is 12.9. The topological polar surface area (TPSA) is 31.0 Å². The smallest absolute Gasteiger partial charge is 0.145 e. The number of hydrogen-bond acceptors (Lipinski definition) is 2. The number of hydrogen-bond donors (Lipinski definition) is 0. The van der Waals surface area contributed by atoms with Gasteiger partial charge in [-0.25, -0.2) is 4.98 Å². The third-order valence-corrected chi connectivity index (χ3v) is 11.5. The van der Waals surface area contributed by atoms with Crippen LogP contribution in [0.5, 0.6) is 0 Å².